The molecule has 0 amide bonds. The van der Waals surface area contributed by atoms with Gasteiger partial charge in [-0.2, -0.15) is 0 Å². The number of nitro benzene ring substituents is 1. The molecule has 6 nitrogen and oxygen atoms in total. The molecule has 6 heteroatoms. The van der Waals surface area contributed by atoms with E-state index in [9.17, 15) is 10.1 Å². The molecule has 1 atom stereocenters. The molecule has 2 aromatic carbocycles. The van der Waals surface area contributed by atoms with E-state index in [4.69, 9.17) is 9.47 Å². The maximum Gasteiger partial charge on any atom is 0.269 e. The first-order valence-electron chi connectivity index (χ1n) is 15.8. The lowest BCUT2D eigenvalue weighted by molar-refractivity contribution is -0.384. The lowest BCUT2D eigenvalue weighted by Gasteiger charge is -2.40. The van der Waals surface area contributed by atoms with E-state index in [2.05, 4.69) is 71.6 Å². The molecule has 0 spiro atoms. The predicted molar refractivity (Wildman–Crippen MR) is 176 cm³/mol. The van der Waals surface area contributed by atoms with Gasteiger partial charge in [-0.15, -0.1) is 0 Å². The first kappa shape index (κ1) is 32.5. The van der Waals surface area contributed by atoms with Crippen LogP contribution in [0, 0.1) is 24.0 Å². The summed E-state index contributed by atoms with van der Waals surface area (Å²) in [5.41, 5.74) is 9.95. The summed E-state index contributed by atoms with van der Waals surface area (Å²) in [5, 5.41) is 11.2. The average molecular weight is 587 g/mol. The van der Waals surface area contributed by atoms with Crippen molar-refractivity contribution in [1.82, 2.24) is 4.90 Å². The van der Waals surface area contributed by atoms with E-state index < -0.39 is 0 Å². The van der Waals surface area contributed by atoms with Crippen molar-refractivity contribution in [1.29, 1.82) is 0 Å². The fourth-order valence-electron chi connectivity index (χ4n) is 6.21. The Morgan fingerprint density at radius 3 is 2.35 bits per heavy atom. The Morgan fingerprint density at radius 2 is 1.65 bits per heavy atom. The predicted octanol–water partition coefficient (Wildman–Crippen LogP) is 9.85. The average Bonchev–Trinajstić information content (AvgIpc) is 2.95. The van der Waals surface area contributed by atoms with Gasteiger partial charge in [0.15, 0.2) is 0 Å². The standard InChI is InChI=1S/C37H50N2O4/c1-26(2)12-8-13-27(3)14-9-15-28(4)16-11-20-37(7)21-19-33-34-24-38(23-31-17-10-18-32(22-31)39(40)41)25-42-35(34)29(5)30(6)36(33)43-37/h10,12,14,16-18,22H,8-9,11,13,15,19-21,23-25H2,1-7H3/t37-/m1/s1. The number of allylic oxidation sites excluding steroid dienone is 6. The third-order valence-electron chi connectivity index (χ3n) is 9.00. The van der Waals surface area contributed by atoms with E-state index in [0.717, 1.165) is 80.5 Å². The van der Waals surface area contributed by atoms with Gasteiger partial charge >= 0.3 is 0 Å². The molecule has 0 unspecified atom stereocenters. The normalized spacial score (nSPS) is 18.8. The van der Waals surface area contributed by atoms with Gasteiger partial charge in [0.05, 0.1) is 4.92 Å². The van der Waals surface area contributed by atoms with Gasteiger partial charge in [0.1, 0.15) is 23.8 Å². The van der Waals surface area contributed by atoms with Gasteiger partial charge in [0.2, 0.25) is 0 Å². The number of nitro groups is 1. The molecule has 0 fully saturated rings. The lowest BCUT2D eigenvalue weighted by Crippen LogP contribution is -2.38. The van der Waals surface area contributed by atoms with Crippen LogP contribution in [0.2, 0.25) is 0 Å². The molecule has 0 N–H and O–H groups in total. The minimum absolute atomic E-state index is 0.120. The summed E-state index contributed by atoms with van der Waals surface area (Å²) in [6, 6.07) is 6.88. The number of hydrogen-bond acceptors (Lipinski definition) is 5. The van der Waals surface area contributed by atoms with Gasteiger partial charge in [-0.05, 0) is 117 Å². The number of benzene rings is 2. The zero-order valence-electron chi connectivity index (χ0n) is 27.3. The van der Waals surface area contributed by atoms with Gasteiger partial charge < -0.3 is 9.47 Å². The third-order valence-corrected chi connectivity index (χ3v) is 9.00. The maximum absolute atomic E-state index is 11.2. The number of rotatable bonds is 12. The Morgan fingerprint density at radius 1 is 0.977 bits per heavy atom. The second-order valence-electron chi connectivity index (χ2n) is 13.1. The topological polar surface area (TPSA) is 64.8 Å². The molecule has 0 radical (unpaired) electrons. The van der Waals surface area contributed by atoms with E-state index in [0.29, 0.717) is 13.3 Å². The Kier molecular flexibility index (Phi) is 10.9. The highest BCUT2D eigenvalue weighted by Gasteiger charge is 2.36. The van der Waals surface area contributed by atoms with E-state index in [1.807, 2.05) is 6.07 Å². The van der Waals surface area contributed by atoms with E-state index in [-0.39, 0.29) is 16.2 Å². The van der Waals surface area contributed by atoms with Crippen molar-refractivity contribution < 1.29 is 14.4 Å². The molecular weight excluding hydrogens is 536 g/mol. The molecule has 0 aromatic heterocycles. The number of fused-ring (bicyclic) bond motifs is 3. The van der Waals surface area contributed by atoms with E-state index in [1.165, 1.54) is 39.5 Å². The van der Waals surface area contributed by atoms with Crippen molar-refractivity contribution in [2.75, 3.05) is 6.73 Å². The van der Waals surface area contributed by atoms with Crippen LogP contribution in [0.1, 0.15) is 107 Å². The number of non-ortho nitro benzene ring substituents is 1. The van der Waals surface area contributed by atoms with E-state index in [1.54, 1.807) is 12.1 Å². The molecule has 0 bridgehead atoms. The summed E-state index contributed by atoms with van der Waals surface area (Å²) in [4.78, 5) is 13.1. The molecule has 2 heterocycles. The lowest BCUT2D eigenvalue weighted by atomic mass is 9.84. The van der Waals surface area contributed by atoms with Gasteiger partial charge in [-0.25, -0.2) is 0 Å². The Bertz CT molecular complexity index is 1420. The molecule has 232 valence electrons. The summed E-state index contributed by atoms with van der Waals surface area (Å²) in [6.45, 7) is 17.2. The van der Waals surface area contributed by atoms with Gasteiger partial charge in [-0.3, -0.25) is 15.0 Å². The van der Waals surface area contributed by atoms with E-state index >= 15 is 0 Å². The highest BCUT2D eigenvalue weighted by molar-refractivity contribution is 5.60. The zero-order chi connectivity index (χ0) is 31.1. The summed E-state index contributed by atoms with van der Waals surface area (Å²) >= 11 is 0. The van der Waals surface area contributed by atoms with Crippen LogP contribution in [0.15, 0.2) is 59.2 Å². The number of ether oxygens (including phenoxy) is 2. The fourth-order valence-corrected chi connectivity index (χ4v) is 6.21. The van der Waals surface area contributed by atoms with Crippen molar-refractivity contribution in [3.63, 3.8) is 0 Å². The van der Waals surface area contributed by atoms with Crippen LogP contribution in [-0.4, -0.2) is 22.2 Å². The summed E-state index contributed by atoms with van der Waals surface area (Å²) in [5.74, 6) is 2.01. The second kappa shape index (κ2) is 14.4. The van der Waals surface area contributed by atoms with Crippen molar-refractivity contribution >= 4 is 5.69 Å². The van der Waals surface area contributed by atoms with Crippen LogP contribution in [0.5, 0.6) is 11.5 Å². The number of hydrogen-bond donors (Lipinski definition) is 0. The second-order valence-corrected chi connectivity index (χ2v) is 13.1. The Balaban J connectivity index is 1.38. The molecule has 4 rings (SSSR count). The fraction of sp³-hybridized carbons (Fsp3) is 0.514. The van der Waals surface area contributed by atoms with Crippen LogP contribution >= 0.6 is 0 Å². The van der Waals surface area contributed by atoms with Crippen molar-refractivity contribution in [2.45, 2.75) is 119 Å². The molecule has 43 heavy (non-hydrogen) atoms. The molecule has 2 aliphatic heterocycles. The Labute approximate surface area is 258 Å². The minimum Gasteiger partial charge on any atom is -0.487 e. The first-order chi connectivity index (χ1) is 20.5. The summed E-state index contributed by atoms with van der Waals surface area (Å²) in [6.07, 6.45) is 15.6. The highest BCUT2D eigenvalue weighted by Crippen LogP contribution is 2.46. The first-order valence-corrected chi connectivity index (χ1v) is 15.8. The van der Waals surface area contributed by atoms with Crippen molar-refractivity contribution in [3.8, 4) is 11.5 Å². The van der Waals surface area contributed by atoms with Crippen LogP contribution in [0.25, 0.3) is 0 Å². The summed E-state index contributed by atoms with van der Waals surface area (Å²) in [7, 11) is 0. The van der Waals surface area contributed by atoms with Crippen LogP contribution in [0.4, 0.5) is 5.69 Å². The SMILES string of the molecule is CC(C)=CCCC(C)=CCCC(C)=CCC[C@]1(C)CCc2c3c(c(C)c(C)c2O1)OCN(Cc1cccc([N+](=O)[O-])c1)C3. The highest BCUT2D eigenvalue weighted by atomic mass is 16.6. The van der Waals surface area contributed by atoms with Crippen molar-refractivity contribution in [2.24, 2.45) is 0 Å². The third kappa shape index (κ3) is 8.60. The molecular formula is C37H50N2O4. The largest absolute Gasteiger partial charge is 0.487 e. The maximum atomic E-state index is 11.2. The molecule has 0 saturated carbocycles. The van der Waals surface area contributed by atoms with Gasteiger partial charge in [0, 0.05) is 36.3 Å². The zero-order valence-corrected chi connectivity index (χ0v) is 27.3. The summed E-state index contributed by atoms with van der Waals surface area (Å²) < 4.78 is 13.2. The van der Waals surface area contributed by atoms with Gasteiger partial charge in [0.25, 0.3) is 5.69 Å². The minimum atomic E-state index is -0.340. The molecule has 0 saturated heterocycles. The molecule has 2 aromatic rings. The molecule has 2 aliphatic rings. The van der Waals surface area contributed by atoms with Crippen LogP contribution in [0.3, 0.4) is 0 Å². The smallest absolute Gasteiger partial charge is 0.269 e. The quantitative estimate of drug-likeness (QED) is 0.141. The van der Waals surface area contributed by atoms with Crippen LogP contribution in [-0.2, 0) is 19.5 Å². The van der Waals surface area contributed by atoms with Gasteiger partial charge in [-0.1, -0.05) is 47.1 Å². The monoisotopic (exact) mass is 586 g/mol. The number of nitrogens with zero attached hydrogens (tertiary/aromatic N) is 2. The Hall–Kier alpha value is -3.38. The van der Waals surface area contributed by atoms with Crippen molar-refractivity contribution in [3.05, 3.63) is 97.1 Å². The molecule has 0 aliphatic carbocycles. The van der Waals surface area contributed by atoms with Crippen LogP contribution < -0.4 is 9.47 Å².